The number of nitrogens with zero attached hydrogens (tertiary/aromatic N) is 1. The number of para-hydroxylation sites is 1. The summed E-state index contributed by atoms with van der Waals surface area (Å²) >= 11 is 3.28. The number of barbiturate groups is 1. The van der Waals surface area contributed by atoms with Crippen LogP contribution in [0.1, 0.15) is 5.56 Å². The number of hydrogen-bond acceptors (Lipinski definition) is 5. The van der Waals surface area contributed by atoms with Crippen molar-refractivity contribution >= 4 is 45.5 Å². The lowest BCUT2D eigenvalue weighted by Crippen LogP contribution is -2.54. The van der Waals surface area contributed by atoms with Crippen molar-refractivity contribution in [2.45, 2.75) is 0 Å². The van der Waals surface area contributed by atoms with E-state index in [4.69, 9.17) is 4.74 Å². The number of methoxy groups -OCH3 is 1. The van der Waals surface area contributed by atoms with Crippen LogP contribution in [-0.2, 0) is 9.59 Å². The first kappa shape index (κ1) is 17.7. The van der Waals surface area contributed by atoms with Crippen molar-refractivity contribution in [2.24, 2.45) is 0 Å². The molecule has 1 aliphatic heterocycles. The number of halogens is 1. The van der Waals surface area contributed by atoms with Crippen molar-refractivity contribution in [3.8, 4) is 11.5 Å². The van der Waals surface area contributed by atoms with E-state index in [0.29, 0.717) is 5.69 Å². The number of carbonyl (C=O) groups excluding carboxylic acids is 3. The van der Waals surface area contributed by atoms with Crippen molar-refractivity contribution < 1.29 is 24.2 Å². The number of amides is 4. The van der Waals surface area contributed by atoms with Crippen molar-refractivity contribution in [3.05, 3.63) is 58.1 Å². The van der Waals surface area contributed by atoms with Crippen LogP contribution in [0.5, 0.6) is 11.5 Å². The van der Waals surface area contributed by atoms with Gasteiger partial charge in [0.2, 0.25) is 0 Å². The average molecular weight is 417 g/mol. The van der Waals surface area contributed by atoms with E-state index in [1.54, 1.807) is 30.3 Å². The lowest BCUT2D eigenvalue weighted by atomic mass is 10.1. The topological polar surface area (TPSA) is 95.9 Å². The molecule has 2 aromatic rings. The SMILES string of the molecule is COc1cccc(/C=C2\C(=O)NC(=O)N(c3ccc(Br)cc3)C2=O)c1O. The number of phenolic OH excluding ortho intramolecular Hbond substituents is 1. The predicted octanol–water partition coefficient (Wildman–Crippen LogP) is 2.83. The van der Waals surface area contributed by atoms with Crippen LogP contribution in [0.3, 0.4) is 0 Å². The monoisotopic (exact) mass is 416 g/mol. The summed E-state index contributed by atoms with van der Waals surface area (Å²) in [4.78, 5) is 37.9. The molecule has 0 saturated carbocycles. The molecule has 26 heavy (non-hydrogen) atoms. The molecule has 4 amide bonds. The second kappa shape index (κ2) is 7.01. The first-order chi connectivity index (χ1) is 12.4. The van der Waals surface area contributed by atoms with Crippen LogP contribution < -0.4 is 15.0 Å². The fourth-order valence-corrected chi connectivity index (χ4v) is 2.72. The van der Waals surface area contributed by atoms with Gasteiger partial charge in [0.05, 0.1) is 12.8 Å². The van der Waals surface area contributed by atoms with Crippen LogP contribution in [0.2, 0.25) is 0 Å². The van der Waals surface area contributed by atoms with Crippen LogP contribution >= 0.6 is 15.9 Å². The number of imide groups is 2. The molecular formula is C18H13BrN2O5. The van der Waals surface area contributed by atoms with E-state index in [-0.39, 0.29) is 22.6 Å². The summed E-state index contributed by atoms with van der Waals surface area (Å²) in [5, 5.41) is 12.3. The van der Waals surface area contributed by atoms with Gasteiger partial charge in [-0.2, -0.15) is 0 Å². The summed E-state index contributed by atoms with van der Waals surface area (Å²) in [6.45, 7) is 0. The number of aromatic hydroxyl groups is 1. The van der Waals surface area contributed by atoms with E-state index in [0.717, 1.165) is 9.37 Å². The summed E-state index contributed by atoms with van der Waals surface area (Å²) in [5.41, 5.74) is 0.244. The third-order valence-electron chi connectivity index (χ3n) is 3.74. The van der Waals surface area contributed by atoms with E-state index in [1.165, 1.54) is 25.3 Å². The fraction of sp³-hybridized carbons (Fsp3) is 0.0556. The van der Waals surface area contributed by atoms with Gasteiger partial charge >= 0.3 is 6.03 Å². The third kappa shape index (κ3) is 3.18. The molecule has 0 aliphatic carbocycles. The molecule has 0 unspecified atom stereocenters. The minimum Gasteiger partial charge on any atom is -0.504 e. The van der Waals surface area contributed by atoms with Gasteiger partial charge in [-0.15, -0.1) is 0 Å². The number of phenols is 1. The second-order valence-electron chi connectivity index (χ2n) is 5.33. The fourth-order valence-electron chi connectivity index (χ4n) is 2.46. The molecule has 8 heteroatoms. The minimum absolute atomic E-state index is 0.198. The lowest BCUT2D eigenvalue weighted by Gasteiger charge is -2.26. The highest BCUT2D eigenvalue weighted by atomic mass is 79.9. The van der Waals surface area contributed by atoms with Gasteiger partial charge in [0, 0.05) is 10.0 Å². The summed E-state index contributed by atoms with van der Waals surface area (Å²) in [7, 11) is 1.39. The van der Waals surface area contributed by atoms with Crippen molar-refractivity contribution in [1.29, 1.82) is 0 Å². The number of ether oxygens (including phenoxy) is 1. The summed E-state index contributed by atoms with van der Waals surface area (Å²) in [6.07, 6.45) is 1.22. The maximum absolute atomic E-state index is 12.8. The Morgan fingerprint density at radius 2 is 1.81 bits per heavy atom. The molecule has 1 fully saturated rings. The number of hydrogen-bond donors (Lipinski definition) is 2. The summed E-state index contributed by atoms with van der Waals surface area (Å²) in [5.74, 6) is -1.64. The van der Waals surface area contributed by atoms with Crippen LogP contribution in [-0.4, -0.2) is 30.1 Å². The Morgan fingerprint density at radius 1 is 1.12 bits per heavy atom. The molecule has 3 rings (SSSR count). The molecule has 1 aliphatic rings. The Hall–Kier alpha value is -3.13. The smallest absolute Gasteiger partial charge is 0.335 e. The lowest BCUT2D eigenvalue weighted by molar-refractivity contribution is -0.122. The van der Waals surface area contributed by atoms with Gasteiger partial charge < -0.3 is 9.84 Å². The Labute approximate surface area is 157 Å². The molecule has 2 aromatic carbocycles. The van der Waals surface area contributed by atoms with Gasteiger partial charge in [-0.25, -0.2) is 9.69 Å². The van der Waals surface area contributed by atoms with E-state index < -0.39 is 17.8 Å². The highest BCUT2D eigenvalue weighted by molar-refractivity contribution is 9.10. The Balaban J connectivity index is 2.04. The summed E-state index contributed by atoms with van der Waals surface area (Å²) < 4.78 is 5.79. The van der Waals surface area contributed by atoms with E-state index in [2.05, 4.69) is 21.2 Å². The number of urea groups is 1. The van der Waals surface area contributed by atoms with Crippen molar-refractivity contribution in [1.82, 2.24) is 5.32 Å². The molecule has 0 aromatic heterocycles. The Morgan fingerprint density at radius 3 is 2.46 bits per heavy atom. The third-order valence-corrected chi connectivity index (χ3v) is 4.27. The average Bonchev–Trinajstić information content (AvgIpc) is 2.61. The molecule has 7 nitrogen and oxygen atoms in total. The van der Waals surface area contributed by atoms with E-state index in [1.807, 2.05) is 0 Å². The zero-order valence-corrected chi connectivity index (χ0v) is 15.1. The van der Waals surface area contributed by atoms with Crippen molar-refractivity contribution in [2.75, 3.05) is 12.0 Å². The zero-order valence-electron chi connectivity index (χ0n) is 13.5. The Kier molecular flexibility index (Phi) is 4.77. The zero-order chi connectivity index (χ0) is 18.8. The molecular weight excluding hydrogens is 404 g/mol. The first-order valence-corrected chi connectivity index (χ1v) is 8.24. The molecule has 0 bridgehead atoms. The van der Waals surface area contributed by atoms with E-state index >= 15 is 0 Å². The molecule has 0 spiro atoms. The number of carbonyl (C=O) groups is 3. The molecule has 0 atom stereocenters. The number of nitrogens with one attached hydrogen (secondary N) is 1. The molecule has 1 saturated heterocycles. The number of rotatable bonds is 3. The highest BCUT2D eigenvalue weighted by Gasteiger charge is 2.36. The van der Waals surface area contributed by atoms with Gasteiger partial charge in [-0.05, 0) is 36.4 Å². The van der Waals surface area contributed by atoms with Gasteiger partial charge in [0.1, 0.15) is 5.57 Å². The van der Waals surface area contributed by atoms with Gasteiger partial charge in [0.15, 0.2) is 11.5 Å². The largest absolute Gasteiger partial charge is 0.504 e. The standard InChI is InChI=1S/C18H13BrN2O5/c1-26-14-4-2-3-10(15(14)22)9-13-16(23)20-18(25)21(17(13)24)12-7-5-11(19)6-8-12/h2-9,22H,1H3,(H,20,23,25)/b13-9+. The normalized spacial score (nSPS) is 16.0. The van der Waals surface area contributed by atoms with Crippen LogP contribution in [0, 0.1) is 0 Å². The number of anilines is 1. The van der Waals surface area contributed by atoms with Crippen LogP contribution in [0.25, 0.3) is 6.08 Å². The van der Waals surface area contributed by atoms with Crippen LogP contribution in [0.4, 0.5) is 10.5 Å². The Bertz CT molecular complexity index is 937. The predicted molar refractivity (Wildman–Crippen MR) is 97.8 cm³/mol. The maximum Gasteiger partial charge on any atom is 0.335 e. The van der Waals surface area contributed by atoms with Gasteiger partial charge in [-0.3, -0.25) is 14.9 Å². The van der Waals surface area contributed by atoms with Gasteiger partial charge in [0.25, 0.3) is 11.8 Å². The van der Waals surface area contributed by atoms with Gasteiger partial charge in [-0.1, -0.05) is 28.1 Å². The molecule has 0 radical (unpaired) electrons. The number of benzene rings is 2. The van der Waals surface area contributed by atoms with Crippen molar-refractivity contribution in [3.63, 3.8) is 0 Å². The maximum atomic E-state index is 12.8. The highest BCUT2D eigenvalue weighted by Crippen LogP contribution is 2.32. The first-order valence-electron chi connectivity index (χ1n) is 7.45. The summed E-state index contributed by atoms with van der Waals surface area (Å²) in [6, 6.07) is 10.3. The molecule has 2 N–H and O–H groups in total. The second-order valence-corrected chi connectivity index (χ2v) is 6.25. The van der Waals surface area contributed by atoms with Crippen LogP contribution in [0.15, 0.2) is 52.5 Å². The quantitative estimate of drug-likeness (QED) is 0.592. The minimum atomic E-state index is -0.839. The molecule has 132 valence electrons. The molecule has 1 heterocycles. The van der Waals surface area contributed by atoms with E-state index in [9.17, 15) is 19.5 Å².